The summed E-state index contributed by atoms with van der Waals surface area (Å²) in [5.41, 5.74) is 5.58. The molecular weight excluding hydrogens is 239 g/mol. The van der Waals surface area contributed by atoms with Gasteiger partial charge in [-0.15, -0.1) is 0 Å². The molecule has 0 aliphatic rings. The van der Waals surface area contributed by atoms with Gasteiger partial charge in [0.25, 0.3) is 0 Å². The molecule has 2 atom stereocenters. The summed E-state index contributed by atoms with van der Waals surface area (Å²) in [6.45, 7) is 0.282. The molecule has 15 heavy (non-hydrogen) atoms. The average molecular weight is 251 g/mol. The summed E-state index contributed by atoms with van der Waals surface area (Å²) < 4.78 is 0. The van der Waals surface area contributed by atoms with Gasteiger partial charge < -0.3 is 15.9 Å². The Bertz CT molecular complexity index is 336. The second-order valence-electron chi connectivity index (χ2n) is 3.12. The Morgan fingerprint density at radius 1 is 1.40 bits per heavy atom. The second-order valence-corrected chi connectivity index (χ2v) is 3.92. The molecular formula is C9H12Cl2N2O2. The van der Waals surface area contributed by atoms with Gasteiger partial charge in [0.15, 0.2) is 0 Å². The van der Waals surface area contributed by atoms with Gasteiger partial charge in [-0.1, -0.05) is 23.2 Å². The summed E-state index contributed by atoms with van der Waals surface area (Å²) in [4.78, 5) is 3.77. The third-order valence-electron chi connectivity index (χ3n) is 1.98. The van der Waals surface area contributed by atoms with E-state index in [9.17, 15) is 10.2 Å². The number of halogens is 2. The van der Waals surface area contributed by atoms with Crippen LogP contribution in [0.5, 0.6) is 0 Å². The third-order valence-corrected chi connectivity index (χ3v) is 2.50. The number of aliphatic hydroxyl groups is 2. The molecule has 0 fully saturated rings. The maximum Gasteiger partial charge on any atom is 0.135 e. The first-order chi connectivity index (χ1) is 7.06. The first kappa shape index (κ1) is 12.7. The minimum atomic E-state index is -1.12. The number of hydrogen-bond acceptors (Lipinski definition) is 4. The number of pyridine rings is 1. The molecule has 0 saturated carbocycles. The van der Waals surface area contributed by atoms with Crippen molar-refractivity contribution >= 4 is 23.2 Å². The summed E-state index contributed by atoms with van der Waals surface area (Å²) in [5.74, 6) is 0. The van der Waals surface area contributed by atoms with Gasteiger partial charge >= 0.3 is 0 Å². The molecule has 2 unspecified atom stereocenters. The van der Waals surface area contributed by atoms with Crippen molar-refractivity contribution in [2.75, 3.05) is 6.54 Å². The number of nitrogens with two attached hydrogens (primary N) is 1. The number of aromatic nitrogens is 1. The Morgan fingerprint density at radius 3 is 2.67 bits per heavy atom. The molecule has 84 valence electrons. The van der Waals surface area contributed by atoms with E-state index < -0.39 is 12.2 Å². The highest BCUT2D eigenvalue weighted by Gasteiger charge is 2.21. The van der Waals surface area contributed by atoms with E-state index in [1.54, 1.807) is 0 Å². The largest absolute Gasteiger partial charge is 0.390 e. The van der Waals surface area contributed by atoms with Gasteiger partial charge in [-0.05, 0) is 19.0 Å². The van der Waals surface area contributed by atoms with E-state index in [2.05, 4.69) is 4.98 Å². The fourth-order valence-corrected chi connectivity index (χ4v) is 1.56. The fourth-order valence-electron chi connectivity index (χ4n) is 1.18. The maximum absolute atomic E-state index is 9.74. The van der Waals surface area contributed by atoms with E-state index in [0.29, 0.717) is 10.6 Å². The lowest BCUT2D eigenvalue weighted by atomic mass is 10.0. The lowest BCUT2D eigenvalue weighted by molar-refractivity contribution is 0.0149. The van der Waals surface area contributed by atoms with Crippen LogP contribution in [-0.2, 0) is 0 Å². The van der Waals surface area contributed by atoms with Gasteiger partial charge in [-0.2, -0.15) is 0 Å². The SMILES string of the molecule is NCCC(O)C(O)c1cc(Cl)cnc1Cl. The molecule has 1 heterocycles. The minimum absolute atomic E-state index is 0.128. The minimum Gasteiger partial charge on any atom is -0.390 e. The molecule has 1 rings (SSSR count). The number of nitrogens with zero attached hydrogens (tertiary/aromatic N) is 1. The molecule has 4 N–H and O–H groups in total. The van der Waals surface area contributed by atoms with Crippen LogP contribution < -0.4 is 5.73 Å². The fraction of sp³-hybridized carbons (Fsp3) is 0.444. The molecule has 0 saturated heterocycles. The quantitative estimate of drug-likeness (QED) is 0.701. The maximum atomic E-state index is 9.74. The van der Waals surface area contributed by atoms with Crippen LogP contribution in [0.3, 0.4) is 0 Å². The molecule has 0 bridgehead atoms. The standard InChI is InChI=1S/C9H12Cl2N2O2/c10-5-3-6(9(11)13-4-5)8(15)7(14)1-2-12/h3-4,7-8,14-15H,1-2,12H2. The lowest BCUT2D eigenvalue weighted by Crippen LogP contribution is -2.22. The predicted octanol–water partition coefficient (Wildman–Crippen LogP) is 1.13. The Hall–Kier alpha value is -0.390. The van der Waals surface area contributed by atoms with E-state index >= 15 is 0 Å². The summed E-state index contributed by atoms with van der Waals surface area (Å²) in [6.07, 6.45) is -0.431. The molecule has 0 amide bonds. The van der Waals surface area contributed by atoms with Crippen molar-refractivity contribution < 1.29 is 10.2 Å². The second kappa shape index (κ2) is 5.63. The van der Waals surface area contributed by atoms with Crippen molar-refractivity contribution in [1.29, 1.82) is 0 Å². The predicted molar refractivity (Wildman–Crippen MR) is 58.9 cm³/mol. The molecule has 6 heteroatoms. The number of aliphatic hydroxyl groups excluding tert-OH is 2. The lowest BCUT2D eigenvalue weighted by Gasteiger charge is -2.18. The third kappa shape index (κ3) is 3.29. The van der Waals surface area contributed by atoms with E-state index in [1.807, 2.05) is 0 Å². The summed E-state index contributed by atoms with van der Waals surface area (Å²) in [7, 11) is 0. The van der Waals surface area contributed by atoms with Crippen LogP contribution >= 0.6 is 23.2 Å². The van der Waals surface area contributed by atoms with Gasteiger partial charge in [0, 0.05) is 11.8 Å². The topological polar surface area (TPSA) is 79.4 Å². The van der Waals surface area contributed by atoms with Crippen LogP contribution in [0.1, 0.15) is 18.1 Å². The smallest absolute Gasteiger partial charge is 0.135 e. The van der Waals surface area contributed by atoms with Crippen molar-refractivity contribution in [1.82, 2.24) is 4.98 Å². The van der Waals surface area contributed by atoms with E-state index in [1.165, 1.54) is 12.3 Å². The van der Waals surface area contributed by atoms with Crippen molar-refractivity contribution in [2.24, 2.45) is 5.73 Å². The van der Waals surface area contributed by atoms with Crippen molar-refractivity contribution in [3.05, 3.63) is 28.0 Å². The summed E-state index contributed by atoms with van der Waals surface area (Å²) in [5, 5.41) is 19.7. The van der Waals surface area contributed by atoms with Gasteiger partial charge in [0.2, 0.25) is 0 Å². The highest BCUT2D eigenvalue weighted by atomic mass is 35.5. The molecule has 0 radical (unpaired) electrons. The molecule has 0 aliphatic heterocycles. The molecule has 0 spiro atoms. The van der Waals surface area contributed by atoms with Crippen molar-refractivity contribution in [3.63, 3.8) is 0 Å². The number of rotatable bonds is 4. The normalized spacial score (nSPS) is 15.0. The molecule has 1 aromatic rings. The van der Waals surface area contributed by atoms with Crippen LogP contribution in [0.25, 0.3) is 0 Å². The monoisotopic (exact) mass is 250 g/mol. The summed E-state index contributed by atoms with van der Waals surface area (Å²) >= 11 is 11.5. The zero-order chi connectivity index (χ0) is 11.4. The van der Waals surface area contributed by atoms with Crippen LogP contribution in [0.2, 0.25) is 10.2 Å². The van der Waals surface area contributed by atoms with Gasteiger partial charge in [0.05, 0.1) is 11.1 Å². The Balaban J connectivity index is 2.89. The van der Waals surface area contributed by atoms with Crippen molar-refractivity contribution in [3.8, 4) is 0 Å². The average Bonchev–Trinajstić information content (AvgIpc) is 2.21. The summed E-state index contributed by atoms with van der Waals surface area (Å²) in [6, 6.07) is 1.47. The van der Waals surface area contributed by atoms with Crippen LogP contribution in [-0.4, -0.2) is 27.8 Å². The van der Waals surface area contributed by atoms with Gasteiger partial charge in [-0.3, -0.25) is 0 Å². The van der Waals surface area contributed by atoms with E-state index in [-0.39, 0.29) is 18.1 Å². The van der Waals surface area contributed by atoms with Crippen LogP contribution in [0.4, 0.5) is 0 Å². The highest BCUT2D eigenvalue weighted by Crippen LogP contribution is 2.26. The van der Waals surface area contributed by atoms with Crippen LogP contribution in [0, 0.1) is 0 Å². The Morgan fingerprint density at radius 2 is 2.07 bits per heavy atom. The van der Waals surface area contributed by atoms with Gasteiger partial charge in [0.1, 0.15) is 11.3 Å². The molecule has 0 aliphatic carbocycles. The first-order valence-electron chi connectivity index (χ1n) is 4.43. The first-order valence-corrected chi connectivity index (χ1v) is 5.19. The molecule has 1 aromatic heterocycles. The van der Waals surface area contributed by atoms with Crippen LogP contribution in [0.15, 0.2) is 12.3 Å². The zero-order valence-corrected chi connectivity index (χ0v) is 9.41. The molecule has 0 aromatic carbocycles. The Labute approximate surface area is 97.6 Å². The highest BCUT2D eigenvalue weighted by molar-refractivity contribution is 6.32. The van der Waals surface area contributed by atoms with E-state index in [4.69, 9.17) is 28.9 Å². The Kier molecular flexibility index (Phi) is 4.76. The van der Waals surface area contributed by atoms with Gasteiger partial charge in [-0.25, -0.2) is 4.98 Å². The molecule has 4 nitrogen and oxygen atoms in total. The number of hydrogen-bond donors (Lipinski definition) is 3. The van der Waals surface area contributed by atoms with Crippen molar-refractivity contribution in [2.45, 2.75) is 18.6 Å². The van der Waals surface area contributed by atoms with E-state index in [0.717, 1.165) is 0 Å². The zero-order valence-electron chi connectivity index (χ0n) is 7.90.